The first kappa shape index (κ1) is 12.1. The second kappa shape index (κ2) is 5.29. The predicted molar refractivity (Wildman–Crippen MR) is 70.2 cm³/mol. The fourth-order valence-corrected chi connectivity index (χ4v) is 2.40. The van der Waals surface area contributed by atoms with E-state index in [-0.39, 0.29) is 6.04 Å². The number of nitrogens with one attached hydrogen (secondary N) is 1. The number of phenols is 1. The topological polar surface area (TPSA) is 45.2 Å². The molecule has 90 valence electrons. The van der Waals surface area contributed by atoms with E-state index in [1.54, 1.807) is 23.5 Å². The number of nitrogens with zero attached hydrogens (tertiary/aromatic N) is 1. The van der Waals surface area contributed by atoms with E-state index < -0.39 is 0 Å². The van der Waals surface area contributed by atoms with Gasteiger partial charge in [-0.15, -0.1) is 11.3 Å². The highest BCUT2D eigenvalue weighted by Gasteiger charge is 2.06. The van der Waals surface area contributed by atoms with Crippen molar-refractivity contribution in [3.63, 3.8) is 0 Å². The Morgan fingerprint density at radius 3 is 2.94 bits per heavy atom. The van der Waals surface area contributed by atoms with Crippen LogP contribution in [0.1, 0.15) is 28.4 Å². The van der Waals surface area contributed by atoms with Crippen LogP contribution in [-0.4, -0.2) is 10.1 Å². The van der Waals surface area contributed by atoms with Crippen LogP contribution >= 0.6 is 11.3 Å². The third-order valence-electron chi connectivity index (χ3n) is 2.62. The number of phenolic OH excluding ortho intramolecular Hbond substituents is 1. The molecular weight excluding hydrogens is 232 g/mol. The number of aromatic hydroxyl groups is 1. The third kappa shape index (κ3) is 3.28. The maximum Gasteiger partial charge on any atom is 0.115 e. The third-order valence-corrected chi connectivity index (χ3v) is 3.53. The Balaban J connectivity index is 1.95. The predicted octanol–water partition coefficient (Wildman–Crippen LogP) is 3.01. The molecule has 2 rings (SSSR count). The van der Waals surface area contributed by atoms with Crippen LogP contribution in [0.4, 0.5) is 0 Å². The summed E-state index contributed by atoms with van der Waals surface area (Å²) < 4.78 is 0. The normalized spacial score (nSPS) is 12.6. The first-order valence-corrected chi connectivity index (χ1v) is 6.40. The minimum atomic E-state index is 0.213. The van der Waals surface area contributed by atoms with Gasteiger partial charge in [0.1, 0.15) is 5.75 Å². The molecule has 0 saturated carbocycles. The number of aryl methyl sites for hydroxylation is 1. The number of thiazole rings is 1. The quantitative estimate of drug-likeness (QED) is 0.874. The van der Waals surface area contributed by atoms with Gasteiger partial charge >= 0.3 is 0 Å². The van der Waals surface area contributed by atoms with Gasteiger partial charge in [0.05, 0.1) is 5.01 Å². The van der Waals surface area contributed by atoms with Crippen molar-refractivity contribution in [3.05, 3.63) is 45.9 Å². The smallest absolute Gasteiger partial charge is 0.115 e. The van der Waals surface area contributed by atoms with Gasteiger partial charge in [0.2, 0.25) is 0 Å². The maximum atomic E-state index is 9.41. The summed E-state index contributed by atoms with van der Waals surface area (Å²) in [6.45, 7) is 4.90. The number of hydrogen-bond acceptors (Lipinski definition) is 4. The first-order chi connectivity index (χ1) is 8.15. The summed E-state index contributed by atoms with van der Waals surface area (Å²) in [6, 6.07) is 7.55. The molecule has 0 aliphatic rings. The Kier molecular flexibility index (Phi) is 3.76. The molecule has 2 N–H and O–H groups in total. The van der Waals surface area contributed by atoms with Crippen LogP contribution in [0.5, 0.6) is 5.75 Å². The van der Waals surface area contributed by atoms with E-state index in [4.69, 9.17) is 0 Å². The lowest BCUT2D eigenvalue weighted by atomic mass is 10.1. The number of hydrogen-bond donors (Lipinski definition) is 2. The van der Waals surface area contributed by atoms with E-state index >= 15 is 0 Å². The summed E-state index contributed by atoms with van der Waals surface area (Å²) in [4.78, 5) is 5.45. The average molecular weight is 248 g/mol. The Hall–Kier alpha value is -1.39. The monoisotopic (exact) mass is 248 g/mol. The maximum absolute atomic E-state index is 9.41. The SMILES string of the molecule is Cc1ncc(CNC(C)c2cccc(O)c2)s1. The van der Waals surface area contributed by atoms with Gasteiger partial charge < -0.3 is 10.4 Å². The Morgan fingerprint density at radius 2 is 2.29 bits per heavy atom. The lowest BCUT2D eigenvalue weighted by molar-refractivity contribution is 0.472. The van der Waals surface area contributed by atoms with Crippen LogP contribution in [0.3, 0.4) is 0 Å². The number of rotatable bonds is 4. The van der Waals surface area contributed by atoms with E-state index in [0.717, 1.165) is 17.1 Å². The summed E-state index contributed by atoms with van der Waals surface area (Å²) in [7, 11) is 0. The molecule has 0 fully saturated rings. The molecule has 0 bridgehead atoms. The van der Waals surface area contributed by atoms with Gasteiger partial charge in [-0.25, -0.2) is 4.98 Å². The molecule has 0 saturated heterocycles. The number of aromatic nitrogens is 1. The van der Waals surface area contributed by atoms with Crippen LogP contribution in [0.15, 0.2) is 30.5 Å². The molecule has 0 spiro atoms. The second-order valence-corrected chi connectivity index (χ2v) is 5.36. The van der Waals surface area contributed by atoms with Gasteiger partial charge in [0, 0.05) is 23.7 Å². The number of benzene rings is 1. The van der Waals surface area contributed by atoms with Gasteiger partial charge in [0.25, 0.3) is 0 Å². The molecule has 1 atom stereocenters. The summed E-state index contributed by atoms with van der Waals surface area (Å²) in [5, 5.41) is 13.9. The van der Waals surface area contributed by atoms with E-state index in [0.29, 0.717) is 5.75 Å². The standard InChI is InChI=1S/C13H16N2OS/c1-9(11-4-3-5-12(16)6-11)14-7-13-8-15-10(2)17-13/h3-6,8-9,14,16H,7H2,1-2H3. The van der Waals surface area contributed by atoms with Crippen molar-refractivity contribution < 1.29 is 5.11 Å². The van der Waals surface area contributed by atoms with Crippen molar-refractivity contribution in [2.24, 2.45) is 0 Å². The second-order valence-electron chi connectivity index (χ2n) is 4.04. The van der Waals surface area contributed by atoms with Gasteiger partial charge in [-0.05, 0) is 31.5 Å². The van der Waals surface area contributed by atoms with Gasteiger partial charge in [-0.3, -0.25) is 0 Å². The molecule has 0 amide bonds. The van der Waals surface area contributed by atoms with Gasteiger partial charge in [-0.1, -0.05) is 12.1 Å². The molecule has 4 heteroatoms. The lowest BCUT2D eigenvalue weighted by Crippen LogP contribution is -2.17. The molecule has 17 heavy (non-hydrogen) atoms. The molecule has 1 unspecified atom stereocenters. The van der Waals surface area contributed by atoms with E-state index in [1.807, 2.05) is 25.3 Å². The average Bonchev–Trinajstić information content (AvgIpc) is 2.72. The highest BCUT2D eigenvalue weighted by Crippen LogP contribution is 2.19. The Labute approximate surface area is 105 Å². The molecule has 0 radical (unpaired) electrons. The highest BCUT2D eigenvalue weighted by atomic mass is 32.1. The van der Waals surface area contributed by atoms with Crippen LogP contribution in [0.25, 0.3) is 0 Å². The van der Waals surface area contributed by atoms with Crippen molar-refractivity contribution in [1.82, 2.24) is 10.3 Å². The molecule has 3 nitrogen and oxygen atoms in total. The minimum absolute atomic E-state index is 0.213. The molecule has 1 heterocycles. The largest absolute Gasteiger partial charge is 0.508 e. The molecule has 0 aliphatic heterocycles. The Bertz CT molecular complexity index is 496. The summed E-state index contributed by atoms with van der Waals surface area (Å²) >= 11 is 1.71. The minimum Gasteiger partial charge on any atom is -0.508 e. The fraction of sp³-hybridized carbons (Fsp3) is 0.308. The highest BCUT2D eigenvalue weighted by molar-refractivity contribution is 7.11. The lowest BCUT2D eigenvalue weighted by Gasteiger charge is -2.13. The van der Waals surface area contributed by atoms with Crippen molar-refractivity contribution in [2.45, 2.75) is 26.4 Å². The van der Waals surface area contributed by atoms with Crippen LogP contribution in [-0.2, 0) is 6.54 Å². The van der Waals surface area contributed by atoms with E-state index in [9.17, 15) is 5.11 Å². The Morgan fingerprint density at radius 1 is 1.47 bits per heavy atom. The zero-order valence-electron chi connectivity index (χ0n) is 9.97. The van der Waals surface area contributed by atoms with Crippen molar-refractivity contribution in [1.29, 1.82) is 0 Å². The van der Waals surface area contributed by atoms with Crippen LogP contribution in [0, 0.1) is 6.92 Å². The van der Waals surface area contributed by atoms with Crippen molar-refractivity contribution in [3.8, 4) is 5.75 Å². The van der Waals surface area contributed by atoms with Crippen LogP contribution < -0.4 is 5.32 Å². The molecule has 1 aromatic carbocycles. The molecular formula is C13H16N2OS. The fourth-order valence-electron chi connectivity index (χ4n) is 1.65. The van der Waals surface area contributed by atoms with E-state index in [1.165, 1.54) is 4.88 Å². The van der Waals surface area contributed by atoms with Gasteiger partial charge in [-0.2, -0.15) is 0 Å². The summed E-state index contributed by atoms with van der Waals surface area (Å²) in [5.74, 6) is 0.310. The molecule has 0 aliphatic carbocycles. The first-order valence-electron chi connectivity index (χ1n) is 5.59. The molecule has 1 aromatic heterocycles. The van der Waals surface area contributed by atoms with Crippen molar-refractivity contribution in [2.75, 3.05) is 0 Å². The van der Waals surface area contributed by atoms with Crippen molar-refractivity contribution >= 4 is 11.3 Å². The van der Waals surface area contributed by atoms with Crippen LogP contribution in [0.2, 0.25) is 0 Å². The van der Waals surface area contributed by atoms with Gasteiger partial charge in [0.15, 0.2) is 0 Å². The summed E-state index contributed by atoms with van der Waals surface area (Å²) in [6.07, 6.45) is 1.90. The zero-order chi connectivity index (χ0) is 12.3. The zero-order valence-corrected chi connectivity index (χ0v) is 10.8. The van der Waals surface area contributed by atoms with E-state index in [2.05, 4.69) is 17.2 Å². The molecule has 2 aromatic rings. The summed E-state index contributed by atoms with van der Waals surface area (Å²) in [5.41, 5.74) is 1.09.